The molecule has 0 saturated carbocycles. The Morgan fingerprint density at radius 3 is 2.50 bits per heavy atom. The predicted octanol–water partition coefficient (Wildman–Crippen LogP) is 3.85. The Morgan fingerprint density at radius 2 is 1.88 bits per heavy atom. The molecule has 126 valence electrons. The van der Waals surface area contributed by atoms with Gasteiger partial charge < -0.3 is 10.3 Å². The minimum Gasteiger partial charge on any atom is -0.332 e. The number of nitrogens with zero attached hydrogens (tertiary/aromatic N) is 4. The lowest BCUT2D eigenvalue weighted by molar-refractivity contribution is 0.430. The van der Waals surface area contributed by atoms with Gasteiger partial charge in [0, 0.05) is 18.0 Å². The second kappa shape index (κ2) is 7.70. The lowest BCUT2D eigenvalue weighted by Gasteiger charge is -2.04. The summed E-state index contributed by atoms with van der Waals surface area (Å²) >= 11 is 6.16. The number of rotatable bonds is 4. The normalized spacial score (nSPS) is 10.7. The van der Waals surface area contributed by atoms with Gasteiger partial charge in [-0.2, -0.15) is 4.98 Å². The van der Waals surface area contributed by atoms with E-state index in [4.69, 9.17) is 21.9 Å². The summed E-state index contributed by atoms with van der Waals surface area (Å²) < 4.78 is 5.32. The molecular formula is C16H17Cl2N5O. The molecule has 8 heteroatoms. The first-order chi connectivity index (χ1) is 11.1. The van der Waals surface area contributed by atoms with Gasteiger partial charge in [0.2, 0.25) is 5.82 Å². The number of hydrogen-bond donors (Lipinski definition) is 1. The minimum atomic E-state index is 0. The fourth-order valence-corrected chi connectivity index (χ4v) is 2.21. The van der Waals surface area contributed by atoms with E-state index >= 15 is 0 Å². The highest BCUT2D eigenvalue weighted by Crippen LogP contribution is 2.27. The molecule has 0 fully saturated rings. The Hall–Kier alpha value is -2.02. The molecule has 24 heavy (non-hydrogen) atoms. The summed E-state index contributed by atoms with van der Waals surface area (Å²) in [6, 6.07) is 7.66. The van der Waals surface area contributed by atoms with Crippen molar-refractivity contribution in [1.29, 1.82) is 0 Å². The zero-order chi connectivity index (χ0) is 16.4. The molecule has 0 unspecified atom stereocenters. The van der Waals surface area contributed by atoms with Crippen LogP contribution in [0.15, 0.2) is 35.0 Å². The van der Waals surface area contributed by atoms with Crippen molar-refractivity contribution >= 4 is 24.0 Å². The van der Waals surface area contributed by atoms with Gasteiger partial charge in [0.15, 0.2) is 5.69 Å². The van der Waals surface area contributed by atoms with Crippen molar-refractivity contribution in [2.75, 3.05) is 0 Å². The third kappa shape index (κ3) is 3.72. The Labute approximate surface area is 150 Å². The first-order valence-corrected chi connectivity index (χ1v) is 7.62. The van der Waals surface area contributed by atoms with Crippen LogP contribution in [0.3, 0.4) is 0 Å². The second-order valence-electron chi connectivity index (χ2n) is 5.40. The van der Waals surface area contributed by atoms with Crippen molar-refractivity contribution < 1.29 is 4.52 Å². The topological polar surface area (TPSA) is 90.7 Å². The van der Waals surface area contributed by atoms with Gasteiger partial charge in [-0.05, 0) is 5.56 Å². The maximum absolute atomic E-state index is 6.16. The number of hydrogen-bond acceptors (Lipinski definition) is 6. The van der Waals surface area contributed by atoms with Crippen LogP contribution in [0.2, 0.25) is 5.02 Å². The molecule has 2 heterocycles. The summed E-state index contributed by atoms with van der Waals surface area (Å²) in [7, 11) is 0. The number of benzene rings is 1. The van der Waals surface area contributed by atoms with E-state index in [1.54, 1.807) is 6.20 Å². The second-order valence-corrected chi connectivity index (χ2v) is 5.81. The molecule has 0 aliphatic rings. The SMILES string of the molecule is CC(C)c1ncc(Cl)c(-c2nc(-c3ccc(CN)cc3)no2)n1.Cl. The highest BCUT2D eigenvalue weighted by molar-refractivity contribution is 6.32. The maximum Gasteiger partial charge on any atom is 0.278 e. The van der Waals surface area contributed by atoms with E-state index in [0.717, 1.165) is 11.1 Å². The molecule has 0 bridgehead atoms. The van der Waals surface area contributed by atoms with Crippen molar-refractivity contribution in [2.45, 2.75) is 26.3 Å². The van der Waals surface area contributed by atoms with Crippen LogP contribution in [0.4, 0.5) is 0 Å². The van der Waals surface area contributed by atoms with Gasteiger partial charge in [-0.25, -0.2) is 9.97 Å². The van der Waals surface area contributed by atoms with Gasteiger partial charge in [-0.1, -0.05) is 54.9 Å². The van der Waals surface area contributed by atoms with E-state index in [2.05, 4.69) is 20.1 Å². The molecule has 3 rings (SSSR count). The van der Waals surface area contributed by atoms with Crippen LogP contribution in [-0.4, -0.2) is 20.1 Å². The van der Waals surface area contributed by atoms with Gasteiger partial charge in [-0.15, -0.1) is 12.4 Å². The predicted molar refractivity (Wildman–Crippen MR) is 95.0 cm³/mol. The molecule has 3 aromatic rings. The molecule has 1 aromatic carbocycles. The summed E-state index contributed by atoms with van der Waals surface area (Å²) in [6.45, 7) is 4.50. The van der Waals surface area contributed by atoms with Crippen LogP contribution in [-0.2, 0) is 6.54 Å². The van der Waals surface area contributed by atoms with E-state index < -0.39 is 0 Å². The molecule has 0 amide bonds. The molecule has 0 saturated heterocycles. The largest absolute Gasteiger partial charge is 0.332 e. The minimum absolute atomic E-state index is 0. The first kappa shape index (κ1) is 18.3. The molecular weight excluding hydrogens is 349 g/mol. The van der Waals surface area contributed by atoms with Crippen molar-refractivity contribution in [1.82, 2.24) is 20.1 Å². The van der Waals surface area contributed by atoms with Crippen molar-refractivity contribution in [3.05, 3.63) is 46.9 Å². The summed E-state index contributed by atoms with van der Waals surface area (Å²) in [5.41, 5.74) is 7.92. The summed E-state index contributed by atoms with van der Waals surface area (Å²) in [6.07, 6.45) is 1.55. The fourth-order valence-electron chi connectivity index (χ4n) is 2.04. The van der Waals surface area contributed by atoms with Crippen LogP contribution in [0.25, 0.3) is 23.0 Å². The van der Waals surface area contributed by atoms with Crippen LogP contribution < -0.4 is 5.73 Å². The average molecular weight is 366 g/mol. The molecule has 0 spiro atoms. The summed E-state index contributed by atoms with van der Waals surface area (Å²) in [5.74, 6) is 1.61. The number of nitrogens with two attached hydrogens (primary N) is 1. The quantitative estimate of drug-likeness (QED) is 0.754. The first-order valence-electron chi connectivity index (χ1n) is 7.24. The van der Waals surface area contributed by atoms with Gasteiger partial charge in [0.25, 0.3) is 5.89 Å². The molecule has 0 aliphatic carbocycles. The third-order valence-corrected chi connectivity index (χ3v) is 3.63. The standard InChI is InChI=1S/C16H16ClN5O.ClH/c1-9(2)14-19-8-12(17)13(20-14)16-21-15(22-23-16)11-5-3-10(7-18)4-6-11;/h3-6,8-9H,7,18H2,1-2H3;1H. The molecule has 2 aromatic heterocycles. The molecule has 0 atom stereocenters. The molecule has 2 N–H and O–H groups in total. The van der Waals surface area contributed by atoms with Crippen molar-refractivity contribution in [3.63, 3.8) is 0 Å². The van der Waals surface area contributed by atoms with Crippen molar-refractivity contribution in [2.24, 2.45) is 5.73 Å². The lowest BCUT2D eigenvalue weighted by Crippen LogP contribution is -1.99. The number of aromatic nitrogens is 4. The average Bonchev–Trinajstić information content (AvgIpc) is 3.05. The summed E-state index contributed by atoms with van der Waals surface area (Å²) in [4.78, 5) is 13.0. The maximum atomic E-state index is 6.16. The fraction of sp³-hybridized carbons (Fsp3) is 0.250. The molecule has 0 radical (unpaired) electrons. The highest BCUT2D eigenvalue weighted by atomic mass is 35.5. The smallest absolute Gasteiger partial charge is 0.278 e. The van der Waals surface area contributed by atoms with Crippen LogP contribution >= 0.6 is 24.0 Å². The van der Waals surface area contributed by atoms with E-state index in [1.807, 2.05) is 38.1 Å². The highest BCUT2D eigenvalue weighted by Gasteiger charge is 2.17. The Kier molecular flexibility index (Phi) is 5.88. The number of halogens is 2. The van der Waals surface area contributed by atoms with Crippen LogP contribution in [0, 0.1) is 0 Å². The monoisotopic (exact) mass is 365 g/mol. The van der Waals surface area contributed by atoms with Gasteiger partial charge in [0.1, 0.15) is 5.82 Å². The van der Waals surface area contributed by atoms with Crippen LogP contribution in [0.5, 0.6) is 0 Å². The van der Waals surface area contributed by atoms with E-state index in [-0.39, 0.29) is 24.2 Å². The van der Waals surface area contributed by atoms with Crippen LogP contribution in [0.1, 0.15) is 31.2 Å². The van der Waals surface area contributed by atoms with E-state index in [0.29, 0.717) is 28.9 Å². The third-order valence-electron chi connectivity index (χ3n) is 3.36. The Bertz CT molecular complexity index is 818. The van der Waals surface area contributed by atoms with Gasteiger partial charge >= 0.3 is 0 Å². The van der Waals surface area contributed by atoms with Crippen molar-refractivity contribution in [3.8, 4) is 23.0 Å². The lowest BCUT2D eigenvalue weighted by atomic mass is 10.1. The Balaban J connectivity index is 0.00000208. The van der Waals surface area contributed by atoms with Gasteiger partial charge in [0.05, 0.1) is 11.2 Å². The Morgan fingerprint density at radius 1 is 1.17 bits per heavy atom. The molecule has 0 aliphatic heterocycles. The summed E-state index contributed by atoms with van der Waals surface area (Å²) in [5, 5.41) is 4.38. The zero-order valence-electron chi connectivity index (χ0n) is 13.2. The van der Waals surface area contributed by atoms with E-state index in [9.17, 15) is 0 Å². The zero-order valence-corrected chi connectivity index (χ0v) is 14.8. The van der Waals surface area contributed by atoms with E-state index in [1.165, 1.54) is 0 Å². The van der Waals surface area contributed by atoms with Gasteiger partial charge in [-0.3, -0.25) is 0 Å². The molecule has 6 nitrogen and oxygen atoms in total.